The van der Waals surface area contributed by atoms with Crippen molar-refractivity contribution in [2.75, 3.05) is 13.1 Å². The maximum Gasteiger partial charge on any atom is 0.0611 e. The highest BCUT2D eigenvalue weighted by molar-refractivity contribution is 4.86. The zero-order valence-electron chi connectivity index (χ0n) is 10.2. The third-order valence-electron chi connectivity index (χ3n) is 4.07. The molecule has 2 heteroatoms. The van der Waals surface area contributed by atoms with Gasteiger partial charge in [-0.3, -0.25) is 0 Å². The van der Waals surface area contributed by atoms with Crippen LogP contribution in [0.25, 0.3) is 0 Å². The summed E-state index contributed by atoms with van der Waals surface area (Å²) in [6.07, 6.45) is 7.64. The molecular formula is C13H25NO. The first-order valence-corrected chi connectivity index (χ1v) is 6.67. The van der Waals surface area contributed by atoms with Crippen molar-refractivity contribution in [1.82, 2.24) is 5.32 Å². The second-order valence-electron chi connectivity index (χ2n) is 5.27. The smallest absolute Gasteiger partial charge is 0.0611 e. The fraction of sp³-hybridized carbons (Fsp3) is 1.00. The normalized spacial score (nSPS) is 42.0. The van der Waals surface area contributed by atoms with Crippen molar-refractivity contribution in [2.45, 2.75) is 58.2 Å². The third kappa shape index (κ3) is 2.73. The SMILES string of the molecule is CCCC1CNCCC1C1CCC(C)O1. The number of hydrogen-bond acceptors (Lipinski definition) is 2. The van der Waals surface area contributed by atoms with Gasteiger partial charge >= 0.3 is 0 Å². The number of piperidine rings is 1. The molecule has 0 aliphatic carbocycles. The fourth-order valence-corrected chi connectivity index (χ4v) is 3.27. The Balaban J connectivity index is 1.92. The molecule has 2 nitrogen and oxygen atoms in total. The first kappa shape index (κ1) is 11.4. The predicted octanol–water partition coefficient (Wildman–Crippen LogP) is 2.58. The van der Waals surface area contributed by atoms with Crippen molar-refractivity contribution in [3.05, 3.63) is 0 Å². The Morgan fingerprint density at radius 1 is 1.27 bits per heavy atom. The molecule has 0 aromatic heterocycles. The molecule has 4 atom stereocenters. The largest absolute Gasteiger partial charge is 0.375 e. The Bertz CT molecular complexity index is 188. The van der Waals surface area contributed by atoms with Crippen LogP contribution in [0.5, 0.6) is 0 Å². The molecule has 0 spiro atoms. The van der Waals surface area contributed by atoms with Crippen LogP contribution in [0.1, 0.15) is 46.0 Å². The van der Waals surface area contributed by atoms with Gasteiger partial charge in [0.1, 0.15) is 0 Å². The van der Waals surface area contributed by atoms with E-state index in [1.165, 1.54) is 45.2 Å². The molecule has 2 heterocycles. The van der Waals surface area contributed by atoms with E-state index in [1.807, 2.05) is 0 Å². The van der Waals surface area contributed by atoms with Crippen LogP contribution in [-0.2, 0) is 4.74 Å². The van der Waals surface area contributed by atoms with E-state index in [0.717, 1.165) is 11.8 Å². The predicted molar refractivity (Wildman–Crippen MR) is 62.9 cm³/mol. The Labute approximate surface area is 93.8 Å². The van der Waals surface area contributed by atoms with Gasteiger partial charge in [-0.05, 0) is 57.5 Å². The Kier molecular flexibility index (Phi) is 4.04. The average molecular weight is 211 g/mol. The summed E-state index contributed by atoms with van der Waals surface area (Å²) in [5.74, 6) is 1.69. The first-order chi connectivity index (χ1) is 7.31. The summed E-state index contributed by atoms with van der Waals surface area (Å²) in [6, 6.07) is 0. The molecule has 88 valence electrons. The number of ether oxygens (including phenoxy) is 1. The van der Waals surface area contributed by atoms with Crippen molar-refractivity contribution in [2.24, 2.45) is 11.8 Å². The Morgan fingerprint density at radius 2 is 2.13 bits per heavy atom. The minimum atomic E-state index is 0.507. The van der Waals surface area contributed by atoms with E-state index in [9.17, 15) is 0 Å². The topological polar surface area (TPSA) is 21.3 Å². The molecule has 15 heavy (non-hydrogen) atoms. The van der Waals surface area contributed by atoms with E-state index in [1.54, 1.807) is 0 Å². The van der Waals surface area contributed by atoms with E-state index in [4.69, 9.17) is 4.74 Å². The van der Waals surface area contributed by atoms with E-state index >= 15 is 0 Å². The van der Waals surface area contributed by atoms with Crippen LogP contribution in [0.4, 0.5) is 0 Å². The monoisotopic (exact) mass is 211 g/mol. The molecule has 0 bridgehead atoms. The lowest BCUT2D eigenvalue weighted by Crippen LogP contribution is -2.41. The summed E-state index contributed by atoms with van der Waals surface area (Å²) >= 11 is 0. The first-order valence-electron chi connectivity index (χ1n) is 6.67. The average Bonchev–Trinajstić information content (AvgIpc) is 2.66. The fourth-order valence-electron chi connectivity index (χ4n) is 3.27. The maximum absolute atomic E-state index is 6.05. The molecular weight excluding hydrogens is 186 g/mol. The second-order valence-corrected chi connectivity index (χ2v) is 5.27. The lowest BCUT2D eigenvalue weighted by atomic mass is 9.79. The summed E-state index contributed by atoms with van der Waals surface area (Å²) < 4.78 is 6.05. The lowest BCUT2D eigenvalue weighted by molar-refractivity contribution is -0.0101. The van der Waals surface area contributed by atoms with E-state index in [2.05, 4.69) is 19.2 Å². The third-order valence-corrected chi connectivity index (χ3v) is 4.07. The van der Waals surface area contributed by atoms with Gasteiger partial charge in [0.05, 0.1) is 12.2 Å². The van der Waals surface area contributed by atoms with E-state index < -0.39 is 0 Å². The van der Waals surface area contributed by atoms with Gasteiger partial charge < -0.3 is 10.1 Å². The molecule has 4 unspecified atom stereocenters. The van der Waals surface area contributed by atoms with Gasteiger partial charge in [0, 0.05) is 0 Å². The molecule has 0 amide bonds. The van der Waals surface area contributed by atoms with Gasteiger partial charge in [0.15, 0.2) is 0 Å². The molecule has 0 aromatic rings. The molecule has 1 N–H and O–H groups in total. The quantitative estimate of drug-likeness (QED) is 0.774. The summed E-state index contributed by atoms with van der Waals surface area (Å²) in [4.78, 5) is 0. The van der Waals surface area contributed by atoms with Crippen LogP contribution in [0.15, 0.2) is 0 Å². The zero-order valence-corrected chi connectivity index (χ0v) is 10.2. The van der Waals surface area contributed by atoms with Gasteiger partial charge in [-0.2, -0.15) is 0 Å². The van der Waals surface area contributed by atoms with Crippen LogP contribution in [-0.4, -0.2) is 25.3 Å². The zero-order chi connectivity index (χ0) is 10.7. The summed E-state index contributed by atoms with van der Waals surface area (Å²) in [5.41, 5.74) is 0. The Morgan fingerprint density at radius 3 is 2.80 bits per heavy atom. The molecule has 0 radical (unpaired) electrons. The van der Waals surface area contributed by atoms with E-state index in [-0.39, 0.29) is 0 Å². The van der Waals surface area contributed by atoms with Crippen molar-refractivity contribution in [3.8, 4) is 0 Å². The lowest BCUT2D eigenvalue weighted by Gasteiger charge is -2.35. The highest BCUT2D eigenvalue weighted by Gasteiger charge is 2.35. The van der Waals surface area contributed by atoms with Crippen molar-refractivity contribution in [3.63, 3.8) is 0 Å². The highest BCUT2D eigenvalue weighted by atomic mass is 16.5. The molecule has 2 fully saturated rings. The minimum Gasteiger partial charge on any atom is -0.375 e. The number of rotatable bonds is 3. The molecule has 2 aliphatic rings. The van der Waals surface area contributed by atoms with Crippen molar-refractivity contribution < 1.29 is 4.74 Å². The highest BCUT2D eigenvalue weighted by Crippen LogP contribution is 2.34. The summed E-state index contributed by atoms with van der Waals surface area (Å²) in [6.45, 7) is 6.92. The minimum absolute atomic E-state index is 0.507. The van der Waals surface area contributed by atoms with Gasteiger partial charge in [-0.25, -0.2) is 0 Å². The summed E-state index contributed by atoms with van der Waals surface area (Å²) in [7, 11) is 0. The number of nitrogens with one attached hydrogen (secondary N) is 1. The van der Waals surface area contributed by atoms with Crippen molar-refractivity contribution >= 4 is 0 Å². The molecule has 0 saturated carbocycles. The molecule has 2 saturated heterocycles. The van der Waals surface area contributed by atoms with Crippen molar-refractivity contribution in [1.29, 1.82) is 0 Å². The second kappa shape index (κ2) is 5.31. The standard InChI is InChI=1S/C13H25NO/c1-3-4-11-9-14-8-7-12(11)13-6-5-10(2)15-13/h10-14H,3-9H2,1-2H3. The Hall–Kier alpha value is -0.0800. The van der Waals surface area contributed by atoms with Crippen LogP contribution in [0.2, 0.25) is 0 Å². The molecule has 0 aromatic carbocycles. The summed E-state index contributed by atoms with van der Waals surface area (Å²) in [5, 5.41) is 3.53. The van der Waals surface area contributed by atoms with Crippen LogP contribution in [0.3, 0.4) is 0 Å². The van der Waals surface area contributed by atoms with Gasteiger partial charge in [0.25, 0.3) is 0 Å². The van der Waals surface area contributed by atoms with Crippen LogP contribution in [0, 0.1) is 11.8 Å². The maximum atomic E-state index is 6.05. The molecule has 2 rings (SSSR count). The van der Waals surface area contributed by atoms with Gasteiger partial charge in [-0.15, -0.1) is 0 Å². The number of hydrogen-bond donors (Lipinski definition) is 1. The van der Waals surface area contributed by atoms with E-state index in [0.29, 0.717) is 12.2 Å². The van der Waals surface area contributed by atoms with Crippen LogP contribution >= 0.6 is 0 Å². The van der Waals surface area contributed by atoms with Crippen LogP contribution < -0.4 is 5.32 Å². The molecule has 2 aliphatic heterocycles. The van der Waals surface area contributed by atoms with Gasteiger partial charge in [-0.1, -0.05) is 13.3 Å². The van der Waals surface area contributed by atoms with Gasteiger partial charge in [0.2, 0.25) is 0 Å².